The molecule has 0 bridgehead atoms. The number of fused-ring (bicyclic) bond motifs is 16. The molecule has 63 heavy (non-hydrogen) atoms. The lowest BCUT2D eigenvalue weighted by atomic mass is 9.93. The molecule has 294 valence electrons. The minimum absolute atomic E-state index is 0.874. The van der Waals surface area contributed by atoms with E-state index >= 15 is 0 Å². The van der Waals surface area contributed by atoms with Gasteiger partial charge in [0.05, 0.1) is 5.69 Å². The summed E-state index contributed by atoms with van der Waals surface area (Å²) in [4.78, 5) is 2.44. The third kappa shape index (κ3) is 5.71. The van der Waals surface area contributed by atoms with Gasteiger partial charge < -0.3 is 9.32 Å². The standard InChI is InChI=1S/C60H37NOS/c1-2-16-38(17-3-1)41-18-10-13-27-56(41)61(40-31-33-58-54(35-40)49-25-11-14-28-57(49)62-58)39-30-32-48-46-23-7-6-21-44(46)42-19-4-5-20-43(42)45-22-8-9-24-47(45)52-36-55-50-26-12-15-29-59(50)63-60(55)37-53(52)51(48)34-39/h1-37H. The van der Waals surface area contributed by atoms with Crippen molar-refractivity contribution in [3.05, 3.63) is 224 Å². The number of benzene rings is 10. The van der Waals surface area contributed by atoms with Crippen molar-refractivity contribution in [1.82, 2.24) is 0 Å². The van der Waals surface area contributed by atoms with E-state index in [9.17, 15) is 0 Å². The first-order valence-corrected chi connectivity index (χ1v) is 22.3. The fourth-order valence-electron chi connectivity index (χ4n) is 10.0. The molecule has 0 N–H and O–H groups in total. The molecular weight excluding hydrogens is 783 g/mol. The van der Waals surface area contributed by atoms with Gasteiger partial charge in [0.2, 0.25) is 0 Å². The molecule has 0 unspecified atom stereocenters. The SMILES string of the molecule is c1ccc(-c2ccccc2N(c2ccc3oc4ccccc4c3c2)c2ccc3c4ccccc4c4ccccc4c4ccccc4c4cc5c(cc4c3c2)sc2ccccc25)cc1. The van der Waals surface area contributed by atoms with Crippen LogP contribution < -0.4 is 4.90 Å². The van der Waals surface area contributed by atoms with E-state index < -0.39 is 0 Å². The second kappa shape index (κ2) is 14.3. The minimum atomic E-state index is 0.874. The van der Waals surface area contributed by atoms with Crippen LogP contribution in [-0.4, -0.2) is 0 Å². The van der Waals surface area contributed by atoms with Crippen molar-refractivity contribution in [1.29, 1.82) is 0 Å². The Morgan fingerprint density at radius 1 is 0.286 bits per heavy atom. The number of para-hydroxylation sites is 2. The molecule has 0 amide bonds. The highest BCUT2D eigenvalue weighted by Crippen LogP contribution is 2.46. The summed E-state index contributed by atoms with van der Waals surface area (Å²) >= 11 is 1.87. The Balaban J connectivity index is 1.23. The molecule has 11 aromatic carbocycles. The molecule has 2 heterocycles. The predicted octanol–water partition coefficient (Wildman–Crippen LogP) is 18.0. The Morgan fingerprint density at radius 2 is 0.762 bits per heavy atom. The number of anilines is 3. The smallest absolute Gasteiger partial charge is 0.135 e. The Bertz CT molecular complexity index is 4050. The van der Waals surface area contributed by atoms with Gasteiger partial charge in [0.15, 0.2) is 0 Å². The summed E-state index contributed by atoms with van der Waals surface area (Å²) in [7, 11) is 0. The lowest BCUT2D eigenvalue weighted by molar-refractivity contribution is 0.669. The zero-order valence-corrected chi connectivity index (χ0v) is 34.9. The van der Waals surface area contributed by atoms with E-state index in [-0.39, 0.29) is 0 Å². The van der Waals surface area contributed by atoms with Crippen LogP contribution >= 0.6 is 11.3 Å². The quantitative estimate of drug-likeness (QED) is 0.176. The van der Waals surface area contributed by atoms with E-state index in [4.69, 9.17) is 4.42 Å². The van der Waals surface area contributed by atoms with Crippen LogP contribution in [0.25, 0.3) is 107 Å². The van der Waals surface area contributed by atoms with Gasteiger partial charge in [-0.2, -0.15) is 0 Å². The zero-order valence-electron chi connectivity index (χ0n) is 34.1. The van der Waals surface area contributed by atoms with Gasteiger partial charge in [0.1, 0.15) is 11.2 Å². The van der Waals surface area contributed by atoms with Crippen LogP contribution in [-0.2, 0) is 0 Å². The summed E-state index contributed by atoms with van der Waals surface area (Å²) in [5.74, 6) is 0. The van der Waals surface area contributed by atoms with Crippen molar-refractivity contribution in [2.24, 2.45) is 0 Å². The second-order valence-corrected chi connectivity index (χ2v) is 17.4. The molecule has 0 atom stereocenters. The summed E-state index contributed by atoms with van der Waals surface area (Å²) in [6.45, 7) is 0. The van der Waals surface area contributed by atoms with E-state index in [0.29, 0.717) is 0 Å². The molecule has 0 saturated carbocycles. The zero-order chi connectivity index (χ0) is 41.4. The molecule has 0 saturated heterocycles. The van der Waals surface area contributed by atoms with Crippen molar-refractivity contribution in [3.63, 3.8) is 0 Å². The van der Waals surface area contributed by atoms with E-state index in [1.165, 1.54) is 74.0 Å². The third-order valence-corrected chi connectivity index (χ3v) is 14.0. The maximum atomic E-state index is 6.38. The Kier molecular flexibility index (Phi) is 8.12. The van der Waals surface area contributed by atoms with E-state index in [0.717, 1.165) is 50.1 Å². The number of thiophene rings is 1. The molecule has 0 aliphatic heterocycles. The first kappa shape index (κ1) is 35.7. The van der Waals surface area contributed by atoms with Crippen molar-refractivity contribution in [2.75, 3.05) is 4.90 Å². The number of hydrogen-bond acceptors (Lipinski definition) is 3. The summed E-state index contributed by atoms with van der Waals surface area (Å²) in [6.07, 6.45) is 0. The van der Waals surface area contributed by atoms with Crippen LogP contribution in [0, 0.1) is 0 Å². The average Bonchev–Trinajstić information content (AvgIpc) is 3.91. The largest absolute Gasteiger partial charge is 0.456 e. The first-order chi connectivity index (χ1) is 31.2. The van der Waals surface area contributed by atoms with Crippen molar-refractivity contribution < 1.29 is 4.42 Å². The van der Waals surface area contributed by atoms with Gasteiger partial charge in [0, 0.05) is 47.9 Å². The highest BCUT2D eigenvalue weighted by molar-refractivity contribution is 7.25. The highest BCUT2D eigenvalue weighted by Gasteiger charge is 2.21. The first-order valence-electron chi connectivity index (χ1n) is 21.5. The van der Waals surface area contributed by atoms with Crippen LogP contribution in [0.1, 0.15) is 0 Å². The number of furan rings is 1. The second-order valence-electron chi connectivity index (χ2n) is 16.4. The van der Waals surface area contributed by atoms with Crippen LogP contribution in [0.3, 0.4) is 0 Å². The number of hydrogen-bond donors (Lipinski definition) is 0. The molecular formula is C60H37NOS. The molecule has 2 aromatic heterocycles. The Hall–Kier alpha value is -7.98. The average molecular weight is 820 g/mol. The van der Waals surface area contributed by atoms with Gasteiger partial charge in [-0.3, -0.25) is 0 Å². The van der Waals surface area contributed by atoms with E-state index in [1.807, 2.05) is 17.4 Å². The molecule has 13 rings (SSSR count). The number of nitrogens with zero attached hydrogens (tertiary/aromatic N) is 1. The van der Waals surface area contributed by atoms with Crippen LogP contribution in [0.2, 0.25) is 0 Å². The summed E-state index contributed by atoms with van der Waals surface area (Å²) < 4.78 is 8.95. The van der Waals surface area contributed by atoms with Crippen molar-refractivity contribution in [3.8, 4) is 11.1 Å². The van der Waals surface area contributed by atoms with Crippen LogP contribution in [0.5, 0.6) is 0 Å². The van der Waals surface area contributed by atoms with Gasteiger partial charge in [-0.25, -0.2) is 0 Å². The fraction of sp³-hybridized carbons (Fsp3) is 0. The monoisotopic (exact) mass is 819 g/mol. The van der Waals surface area contributed by atoms with Gasteiger partial charge in [-0.1, -0.05) is 164 Å². The normalized spacial score (nSPS) is 11.8. The molecule has 0 radical (unpaired) electrons. The summed E-state index contributed by atoms with van der Waals surface area (Å²) in [5.41, 5.74) is 7.28. The predicted molar refractivity (Wildman–Crippen MR) is 272 cm³/mol. The summed E-state index contributed by atoms with van der Waals surface area (Å²) in [6, 6.07) is 82.2. The molecule has 0 fully saturated rings. The van der Waals surface area contributed by atoms with Crippen LogP contribution in [0.15, 0.2) is 229 Å². The molecule has 0 aliphatic rings. The highest BCUT2D eigenvalue weighted by atomic mass is 32.1. The van der Waals surface area contributed by atoms with Gasteiger partial charge >= 0.3 is 0 Å². The summed E-state index contributed by atoms with van der Waals surface area (Å²) in [5, 5.41) is 16.9. The maximum absolute atomic E-state index is 6.38. The molecule has 13 aromatic rings. The Labute approximate surface area is 367 Å². The van der Waals surface area contributed by atoms with Crippen molar-refractivity contribution >= 4 is 124 Å². The topological polar surface area (TPSA) is 16.4 Å². The lowest BCUT2D eigenvalue weighted by Gasteiger charge is -2.28. The van der Waals surface area contributed by atoms with Crippen molar-refractivity contribution in [2.45, 2.75) is 0 Å². The molecule has 0 aliphatic carbocycles. The Morgan fingerprint density at radius 3 is 1.46 bits per heavy atom. The minimum Gasteiger partial charge on any atom is -0.456 e. The number of rotatable bonds is 4. The lowest BCUT2D eigenvalue weighted by Crippen LogP contribution is -2.11. The van der Waals surface area contributed by atoms with Gasteiger partial charge in [0.25, 0.3) is 0 Å². The maximum Gasteiger partial charge on any atom is 0.135 e. The van der Waals surface area contributed by atoms with Crippen LogP contribution in [0.4, 0.5) is 17.1 Å². The molecule has 3 heteroatoms. The fourth-order valence-corrected chi connectivity index (χ4v) is 11.1. The van der Waals surface area contributed by atoms with Gasteiger partial charge in [-0.15, -0.1) is 11.3 Å². The molecule has 0 spiro atoms. The molecule has 2 nitrogen and oxygen atoms in total. The van der Waals surface area contributed by atoms with E-state index in [1.54, 1.807) is 0 Å². The third-order valence-electron chi connectivity index (χ3n) is 12.9. The van der Waals surface area contributed by atoms with Gasteiger partial charge in [-0.05, 0) is 120 Å². The van der Waals surface area contributed by atoms with E-state index in [2.05, 4.69) is 223 Å².